The first-order chi connectivity index (χ1) is 9.08. The molecule has 1 aliphatic heterocycles. The van der Waals surface area contributed by atoms with Crippen molar-refractivity contribution in [2.24, 2.45) is 11.5 Å². The number of nitrogens with two attached hydrogens (primary N) is 2. The number of aliphatic hydroxyl groups excluding tert-OH is 1. The van der Waals surface area contributed by atoms with Gasteiger partial charge in [0.2, 0.25) is 0 Å². The van der Waals surface area contributed by atoms with E-state index in [4.69, 9.17) is 16.2 Å². The number of hydrogen-bond acceptors (Lipinski definition) is 5. The monoisotopic (exact) mass is 262 g/mol. The van der Waals surface area contributed by atoms with Gasteiger partial charge in [-0.3, -0.25) is 4.68 Å². The molecular formula is C13H18N4O2. The van der Waals surface area contributed by atoms with Crippen LogP contribution in [0.15, 0.2) is 18.3 Å². The summed E-state index contributed by atoms with van der Waals surface area (Å²) in [4.78, 5) is 0. The molecule has 6 nitrogen and oxygen atoms in total. The first kappa shape index (κ1) is 12.4. The molecule has 102 valence electrons. The second kappa shape index (κ2) is 4.48. The van der Waals surface area contributed by atoms with Crippen molar-refractivity contribution < 1.29 is 9.84 Å². The van der Waals surface area contributed by atoms with Crippen LogP contribution in [0.2, 0.25) is 0 Å². The number of ether oxygens (including phenoxy) is 1. The highest BCUT2D eigenvalue weighted by Crippen LogP contribution is 2.36. The number of hydrogen-bond donors (Lipinski definition) is 3. The van der Waals surface area contributed by atoms with Gasteiger partial charge < -0.3 is 21.3 Å². The molecule has 1 aliphatic rings. The predicted molar refractivity (Wildman–Crippen MR) is 71.8 cm³/mol. The lowest BCUT2D eigenvalue weighted by molar-refractivity contribution is 0.0684. The third-order valence-corrected chi connectivity index (χ3v) is 3.42. The van der Waals surface area contributed by atoms with Gasteiger partial charge >= 0.3 is 0 Å². The predicted octanol–water partition coefficient (Wildman–Crippen LogP) is 0.137. The molecule has 2 aromatic rings. The van der Waals surface area contributed by atoms with Gasteiger partial charge in [0.15, 0.2) is 0 Å². The summed E-state index contributed by atoms with van der Waals surface area (Å²) in [6, 6.07) is 3.35. The Kier molecular flexibility index (Phi) is 2.93. The van der Waals surface area contributed by atoms with Crippen molar-refractivity contribution in [3.8, 4) is 5.75 Å². The number of aliphatic hydroxyl groups is 1. The Labute approximate surface area is 110 Å². The van der Waals surface area contributed by atoms with Crippen LogP contribution in [0.4, 0.5) is 0 Å². The SMILES string of the molecule is CC(N)Cn1ncc2ccc3c(c21)C(N)C(O)CO3. The number of aromatic nitrogens is 2. The van der Waals surface area contributed by atoms with Crippen LogP contribution < -0.4 is 16.2 Å². The van der Waals surface area contributed by atoms with Gasteiger partial charge in [0.25, 0.3) is 0 Å². The second-order valence-electron chi connectivity index (χ2n) is 5.12. The molecule has 6 heteroatoms. The highest BCUT2D eigenvalue weighted by atomic mass is 16.5. The van der Waals surface area contributed by atoms with Crippen molar-refractivity contribution >= 4 is 10.9 Å². The van der Waals surface area contributed by atoms with Crippen LogP contribution in [0.3, 0.4) is 0 Å². The Morgan fingerprint density at radius 1 is 1.58 bits per heavy atom. The van der Waals surface area contributed by atoms with Gasteiger partial charge in [-0.15, -0.1) is 0 Å². The van der Waals surface area contributed by atoms with E-state index in [0.29, 0.717) is 6.54 Å². The Balaban J connectivity index is 2.21. The minimum absolute atomic E-state index is 0.00962. The van der Waals surface area contributed by atoms with E-state index in [9.17, 15) is 5.11 Å². The van der Waals surface area contributed by atoms with Gasteiger partial charge in [0, 0.05) is 17.0 Å². The summed E-state index contributed by atoms with van der Waals surface area (Å²) in [6.07, 6.45) is 1.09. The summed E-state index contributed by atoms with van der Waals surface area (Å²) in [5.41, 5.74) is 13.7. The summed E-state index contributed by atoms with van der Waals surface area (Å²) in [5.74, 6) is 0.719. The number of benzene rings is 1. The largest absolute Gasteiger partial charge is 0.490 e. The molecule has 1 aromatic carbocycles. The van der Waals surface area contributed by atoms with Crippen LogP contribution in [0, 0.1) is 0 Å². The standard InChI is InChI=1S/C13H18N4O2/c1-7(14)5-17-13-8(4-16-17)2-3-10-11(13)12(15)9(18)6-19-10/h2-4,7,9,12,18H,5-6,14-15H2,1H3. The molecule has 3 rings (SSSR count). The van der Waals surface area contributed by atoms with Crippen LogP contribution >= 0.6 is 0 Å². The van der Waals surface area contributed by atoms with Gasteiger partial charge in [0.05, 0.1) is 24.3 Å². The van der Waals surface area contributed by atoms with Crippen LogP contribution in [0.25, 0.3) is 10.9 Å². The topological polar surface area (TPSA) is 99.3 Å². The maximum atomic E-state index is 9.89. The fraction of sp³-hybridized carbons (Fsp3) is 0.462. The van der Waals surface area contributed by atoms with Crippen molar-refractivity contribution in [1.29, 1.82) is 0 Å². The van der Waals surface area contributed by atoms with Gasteiger partial charge in [-0.1, -0.05) is 0 Å². The zero-order valence-electron chi connectivity index (χ0n) is 10.8. The Hall–Kier alpha value is -1.63. The quantitative estimate of drug-likeness (QED) is 0.714. The van der Waals surface area contributed by atoms with E-state index in [2.05, 4.69) is 5.10 Å². The van der Waals surface area contributed by atoms with E-state index in [0.717, 1.165) is 22.2 Å². The van der Waals surface area contributed by atoms with Crippen LogP contribution in [-0.2, 0) is 6.54 Å². The summed E-state index contributed by atoms with van der Waals surface area (Å²) < 4.78 is 7.37. The van der Waals surface area contributed by atoms with Crippen molar-refractivity contribution in [3.63, 3.8) is 0 Å². The molecule has 0 bridgehead atoms. The minimum atomic E-state index is -0.697. The van der Waals surface area contributed by atoms with Gasteiger partial charge in [-0.2, -0.15) is 5.10 Å². The number of rotatable bonds is 2. The van der Waals surface area contributed by atoms with E-state index in [1.807, 2.05) is 23.7 Å². The van der Waals surface area contributed by atoms with E-state index in [1.165, 1.54) is 0 Å². The molecule has 3 unspecified atom stereocenters. The molecule has 1 aromatic heterocycles. The van der Waals surface area contributed by atoms with Crippen LogP contribution in [0.1, 0.15) is 18.5 Å². The molecule has 19 heavy (non-hydrogen) atoms. The average Bonchev–Trinajstić information content (AvgIpc) is 2.76. The lowest BCUT2D eigenvalue weighted by atomic mass is 9.97. The highest BCUT2D eigenvalue weighted by Gasteiger charge is 2.29. The summed E-state index contributed by atoms with van der Waals surface area (Å²) in [5, 5.41) is 15.2. The molecule has 2 heterocycles. The van der Waals surface area contributed by atoms with E-state index in [-0.39, 0.29) is 12.6 Å². The Morgan fingerprint density at radius 2 is 2.37 bits per heavy atom. The van der Waals surface area contributed by atoms with E-state index in [1.54, 1.807) is 6.20 Å². The maximum Gasteiger partial charge on any atom is 0.126 e. The lowest BCUT2D eigenvalue weighted by Gasteiger charge is -2.28. The van der Waals surface area contributed by atoms with Gasteiger partial charge in [0.1, 0.15) is 18.5 Å². The summed E-state index contributed by atoms with van der Waals surface area (Å²) >= 11 is 0. The zero-order valence-corrected chi connectivity index (χ0v) is 10.8. The van der Waals surface area contributed by atoms with Gasteiger partial charge in [-0.25, -0.2) is 0 Å². The van der Waals surface area contributed by atoms with Crippen molar-refractivity contribution in [3.05, 3.63) is 23.9 Å². The summed E-state index contributed by atoms with van der Waals surface area (Å²) in [6.45, 7) is 2.75. The number of nitrogens with zero attached hydrogens (tertiary/aromatic N) is 2. The molecule has 0 radical (unpaired) electrons. The third-order valence-electron chi connectivity index (χ3n) is 3.42. The second-order valence-corrected chi connectivity index (χ2v) is 5.12. The number of fused-ring (bicyclic) bond motifs is 3. The molecule has 0 spiro atoms. The Morgan fingerprint density at radius 3 is 3.11 bits per heavy atom. The summed E-state index contributed by atoms with van der Waals surface area (Å²) in [7, 11) is 0. The van der Waals surface area contributed by atoms with Crippen molar-refractivity contribution in [2.75, 3.05) is 6.61 Å². The highest BCUT2D eigenvalue weighted by molar-refractivity contribution is 5.85. The van der Waals surface area contributed by atoms with Crippen molar-refractivity contribution in [1.82, 2.24) is 9.78 Å². The average molecular weight is 262 g/mol. The molecule has 0 amide bonds. The molecule has 5 N–H and O–H groups in total. The smallest absolute Gasteiger partial charge is 0.126 e. The molecule has 3 atom stereocenters. The molecular weight excluding hydrogens is 244 g/mol. The molecule has 0 aliphatic carbocycles. The van der Waals surface area contributed by atoms with Gasteiger partial charge in [-0.05, 0) is 19.1 Å². The molecule has 0 fully saturated rings. The zero-order chi connectivity index (χ0) is 13.6. The van der Waals surface area contributed by atoms with E-state index >= 15 is 0 Å². The Bertz CT molecular complexity index is 608. The van der Waals surface area contributed by atoms with Crippen molar-refractivity contribution in [2.45, 2.75) is 31.7 Å². The fourth-order valence-corrected chi connectivity index (χ4v) is 2.52. The normalized spacial score (nSPS) is 24.0. The molecule has 0 saturated heterocycles. The maximum absolute atomic E-state index is 9.89. The minimum Gasteiger partial charge on any atom is -0.490 e. The van der Waals surface area contributed by atoms with Crippen LogP contribution in [-0.4, -0.2) is 33.6 Å². The van der Waals surface area contributed by atoms with Crippen LogP contribution in [0.5, 0.6) is 5.75 Å². The third kappa shape index (κ3) is 1.98. The lowest BCUT2D eigenvalue weighted by Crippen LogP contribution is -2.36. The first-order valence-corrected chi connectivity index (χ1v) is 6.38. The van der Waals surface area contributed by atoms with E-state index < -0.39 is 12.1 Å². The fourth-order valence-electron chi connectivity index (χ4n) is 2.52. The molecule has 0 saturated carbocycles. The first-order valence-electron chi connectivity index (χ1n) is 6.38.